The van der Waals surface area contributed by atoms with Gasteiger partial charge in [-0.15, -0.1) is 10.2 Å². The van der Waals surface area contributed by atoms with E-state index >= 15 is 0 Å². The summed E-state index contributed by atoms with van der Waals surface area (Å²) in [6.45, 7) is 3.73. The topological polar surface area (TPSA) is 94.5 Å². The molecule has 0 atom stereocenters. The molecule has 2 rings (SSSR count). The van der Waals surface area contributed by atoms with Gasteiger partial charge in [-0.1, -0.05) is 0 Å². The molecule has 0 saturated carbocycles. The third-order valence-electron chi connectivity index (χ3n) is 2.21. The Kier molecular flexibility index (Phi) is 3.25. The zero-order valence-electron chi connectivity index (χ0n) is 9.80. The zero-order chi connectivity index (χ0) is 12.4. The molecular weight excluding hydrogens is 238 g/mol. The Bertz CT molecular complexity index is 536. The van der Waals surface area contributed by atoms with Crippen molar-refractivity contribution in [1.29, 1.82) is 0 Å². The molecule has 17 heavy (non-hydrogen) atoms. The molecule has 0 spiro atoms. The molecule has 0 aliphatic heterocycles. The van der Waals surface area contributed by atoms with Crippen molar-refractivity contribution in [1.82, 2.24) is 24.7 Å². The number of aromatic nitrogens is 5. The van der Waals surface area contributed by atoms with Gasteiger partial charge in [-0.2, -0.15) is 0 Å². The summed E-state index contributed by atoms with van der Waals surface area (Å²) in [7, 11) is 1.88. The largest absolute Gasteiger partial charge is 0.311 e. The van der Waals surface area contributed by atoms with Crippen LogP contribution in [0.15, 0.2) is 16.5 Å². The first kappa shape index (κ1) is 11.8. The fourth-order valence-electron chi connectivity index (χ4n) is 1.29. The number of hydrogen-bond acceptors (Lipinski definition) is 7. The van der Waals surface area contributed by atoms with Crippen molar-refractivity contribution < 1.29 is 0 Å². The number of nitrogens with zero attached hydrogens (tertiary/aromatic N) is 5. The second kappa shape index (κ2) is 4.68. The van der Waals surface area contributed by atoms with Crippen LogP contribution in [0.25, 0.3) is 0 Å². The quantitative estimate of drug-likeness (QED) is 0.470. The van der Waals surface area contributed by atoms with E-state index in [9.17, 15) is 0 Å². The highest BCUT2D eigenvalue weighted by molar-refractivity contribution is 7.99. The molecule has 3 N–H and O–H groups in total. The lowest BCUT2D eigenvalue weighted by molar-refractivity contribution is 0.785. The summed E-state index contributed by atoms with van der Waals surface area (Å²) < 4.78 is 1.83. The van der Waals surface area contributed by atoms with Gasteiger partial charge in [0.15, 0.2) is 5.16 Å². The SMILES string of the molecule is Cc1nc(NN)c(C)c(Sc2nncn2C)n1. The summed E-state index contributed by atoms with van der Waals surface area (Å²) in [5.74, 6) is 6.70. The van der Waals surface area contributed by atoms with Crippen molar-refractivity contribution in [3.8, 4) is 0 Å². The van der Waals surface area contributed by atoms with Gasteiger partial charge in [-0.3, -0.25) is 0 Å². The standard InChI is InChI=1S/C9H13N7S/c1-5-7(14-10)12-6(2)13-8(5)17-9-15-11-4-16(9)3/h4H,10H2,1-3H3,(H,12,13,14). The summed E-state index contributed by atoms with van der Waals surface area (Å²) >= 11 is 1.43. The monoisotopic (exact) mass is 251 g/mol. The predicted molar refractivity (Wildman–Crippen MR) is 64.4 cm³/mol. The van der Waals surface area contributed by atoms with E-state index in [2.05, 4.69) is 25.6 Å². The summed E-state index contributed by atoms with van der Waals surface area (Å²) in [5.41, 5.74) is 3.46. The second-order valence-corrected chi connectivity index (χ2v) is 4.48. The molecule has 0 bridgehead atoms. The van der Waals surface area contributed by atoms with Crippen molar-refractivity contribution in [3.63, 3.8) is 0 Å². The van der Waals surface area contributed by atoms with Crippen molar-refractivity contribution in [2.24, 2.45) is 12.9 Å². The van der Waals surface area contributed by atoms with E-state index in [1.165, 1.54) is 11.8 Å². The third kappa shape index (κ3) is 2.37. The highest BCUT2D eigenvalue weighted by atomic mass is 32.2. The number of nitrogens with two attached hydrogens (primary N) is 1. The van der Waals surface area contributed by atoms with E-state index < -0.39 is 0 Å². The fourth-order valence-corrected chi connectivity index (χ4v) is 2.17. The van der Waals surface area contributed by atoms with E-state index in [-0.39, 0.29) is 0 Å². The molecule has 0 radical (unpaired) electrons. The number of hydrazine groups is 1. The maximum atomic E-state index is 5.41. The van der Waals surface area contributed by atoms with Crippen LogP contribution in [0.5, 0.6) is 0 Å². The predicted octanol–water partition coefficient (Wildman–Crippen LogP) is 0.659. The Balaban J connectivity index is 2.39. The highest BCUT2D eigenvalue weighted by Crippen LogP contribution is 2.29. The number of hydrogen-bond donors (Lipinski definition) is 2. The normalized spacial score (nSPS) is 10.6. The molecule has 2 aromatic heterocycles. The molecule has 0 aliphatic rings. The Morgan fingerprint density at radius 2 is 2.12 bits per heavy atom. The van der Waals surface area contributed by atoms with E-state index in [0.717, 1.165) is 15.7 Å². The Morgan fingerprint density at radius 3 is 2.71 bits per heavy atom. The van der Waals surface area contributed by atoms with E-state index in [1.54, 1.807) is 6.33 Å². The summed E-state index contributed by atoms with van der Waals surface area (Å²) in [4.78, 5) is 8.57. The Morgan fingerprint density at radius 1 is 1.35 bits per heavy atom. The van der Waals surface area contributed by atoms with Gasteiger partial charge in [0.1, 0.15) is 23.0 Å². The summed E-state index contributed by atoms with van der Waals surface area (Å²) in [5, 5.41) is 9.42. The number of rotatable bonds is 3. The van der Waals surface area contributed by atoms with E-state index in [1.807, 2.05) is 25.5 Å². The molecule has 0 unspecified atom stereocenters. The number of nitrogen functional groups attached to an aromatic ring is 1. The molecule has 0 amide bonds. The molecular formula is C9H13N7S. The molecule has 8 heteroatoms. The van der Waals surface area contributed by atoms with Gasteiger partial charge in [0.2, 0.25) is 0 Å². The fraction of sp³-hybridized carbons (Fsp3) is 0.333. The highest BCUT2D eigenvalue weighted by Gasteiger charge is 2.12. The number of aryl methyl sites for hydroxylation is 2. The molecule has 0 aliphatic carbocycles. The lowest BCUT2D eigenvalue weighted by Crippen LogP contribution is -2.12. The van der Waals surface area contributed by atoms with Crippen LogP contribution in [0.4, 0.5) is 5.82 Å². The first-order valence-electron chi connectivity index (χ1n) is 4.95. The van der Waals surface area contributed by atoms with Crippen LogP contribution in [0, 0.1) is 13.8 Å². The third-order valence-corrected chi connectivity index (χ3v) is 3.35. The van der Waals surface area contributed by atoms with Crippen LogP contribution in [0.2, 0.25) is 0 Å². The van der Waals surface area contributed by atoms with Crippen LogP contribution in [0.1, 0.15) is 11.4 Å². The number of anilines is 1. The van der Waals surface area contributed by atoms with Gasteiger partial charge in [0.05, 0.1) is 0 Å². The van der Waals surface area contributed by atoms with Crippen molar-refractivity contribution >= 4 is 17.6 Å². The molecule has 2 aromatic rings. The molecule has 90 valence electrons. The van der Waals surface area contributed by atoms with Crippen molar-refractivity contribution in [2.45, 2.75) is 24.0 Å². The Hall–Kier alpha value is -1.67. The first-order chi connectivity index (χ1) is 8.11. The summed E-state index contributed by atoms with van der Waals surface area (Å²) in [6.07, 6.45) is 1.65. The molecule has 2 heterocycles. The maximum absolute atomic E-state index is 5.41. The van der Waals surface area contributed by atoms with Gasteiger partial charge in [-0.05, 0) is 25.6 Å². The molecule has 0 fully saturated rings. The number of nitrogens with one attached hydrogen (secondary N) is 1. The van der Waals surface area contributed by atoms with Crippen LogP contribution < -0.4 is 11.3 Å². The van der Waals surface area contributed by atoms with E-state index in [0.29, 0.717) is 11.6 Å². The van der Waals surface area contributed by atoms with Crippen molar-refractivity contribution in [3.05, 3.63) is 17.7 Å². The van der Waals surface area contributed by atoms with Crippen LogP contribution in [0.3, 0.4) is 0 Å². The van der Waals surface area contributed by atoms with Crippen LogP contribution in [-0.4, -0.2) is 24.7 Å². The zero-order valence-corrected chi connectivity index (χ0v) is 10.6. The molecule has 0 saturated heterocycles. The van der Waals surface area contributed by atoms with Crippen LogP contribution in [-0.2, 0) is 7.05 Å². The molecule has 7 nitrogen and oxygen atoms in total. The van der Waals surface area contributed by atoms with Gasteiger partial charge < -0.3 is 9.99 Å². The Labute approximate surface area is 103 Å². The second-order valence-electron chi connectivity index (χ2n) is 3.52. The van der Waals surface area contributed by atoms with Gasteiger partial charge in [0, 0.05) is 12.6 Å². The van der Waals surface area contributed by atoms with Gasteiger partial charge in [-0.25, -0.2) is 15.8 Å². The van der Waals surface area contributed by atoms with Crippen LogP contribution >= 0.6 is 11.8 Å². The first-order valence-corrected chi connectivity index (χ1v) is 5.77. The lowest BCUT2D eigenvalue weighted by Gasteiger charge is -2.09. The minimum Gasteiger partial charge on any atom is -0.311 e. The van der Waals surface area contributed by atoms with Crippen molar-refractivity contribution in [2.75, 3.05) is 5.43 Å². The lowest BCUT2D eigenvalue weighted by atomic mass is 10.3. The maximum Gasteiger partial charge on any atom is 0.197 e. The van der Waals surface area contributed by atoms with Gasteiger partial charge in [0.25, 0.3) is 0 Å². The molecule has 0 aromatic carbocycles. The minimum atomic E-state index is 0.627. The van der Waals surface area contributed by atoms with E-state index in [4.69, 9.17) is 5.84 Å². The smallest absolute Gasteiger partial charge is 0.197 e. The average molecular weight is 251 g/mol. The minimum absolute atomic E-state index is 0.627. The summed E-state index contributed by atoms with van der Waals surface area (Å²) in [6, 6.07) is 0. The average Bonchev–Trinajstić information content (AvgIpc) is 2.69. The van der Waals surface area contributed by atoms with Gasteiger partial charge >= 0.3 is 0 Å².